The minimum absolute atomic E-state index is 0.291. The van der Waals surface area contributed by atoms with Crippen molar-refractivity contribution in [3.63, 3.8) is 0 Å². The van der Waals surface area contributed by atoms with Gasteiger partial charge in [0.1, 0.15) is 0 Å². The van der Waals surface area contributed by atoms with E-state index in [1.54, 1.807) is 18.9 Å². The monoisotopic (exact) mass is 271 g/mol. The van der Waals surface area contributed by atoms with Crippen molar-refractivity contribution in [1.29, 1.82) is 0 Å². The van der Waals surface area contributed by atoms with E-state index in [1.807, 2.05) is 24.3 Å². The highest BCUT2D eigenvalue weighted by Gasteiger charge is 2.08. The fraction of sp³-hybridized carbons (Fsp3) is 0.364. The molecule has 0 aliphatic heterocycles. The zero-order valence-corrected chi connectivity index (χ0v) is 10.5. The summed E-state index contributed by atoms with van der Waals surface area (Å²) in [6, 6.07) is 7.85. The SMILES string of the molecule is CCOC(=O)N(C)Cc1ccc(Br)cc1. The van der Waals surface area contributed by atoms with Crippen LogP contribution in [0.2, 0.25) is 0 Å². The maximum Gasteiger partial charge on any atom is 0.409 e. The van der Waals surface area contributed by atoms with Crippen molar-refractivity contribution in [2.75, 3.05) is 13.7 Å². The fourth-order valence-electron chi connectivity index (χ4n) is 1.16. The molecule has 0 saturated carbocycles. The van der Waals surface area contributed by atoms with Crippen LogP contribution in [-0.4, -0.2) is 24.6 Å². The summed E-state index contributed by atoms with van der Waals surface area (Å²) in [5.41, 5.74) is 1.08. The van der Waals surface area contributed by atoms with Gasteiger partial charge < -0.3 is 9.64 Å². The lowest BCUT2D eigenvalue weighted by Gasteiger charge is -2.16. The number of hydrogen-bond donors (Lipinski definition) is 0. The summed E-state index contributed by atoms with van der Waals surface area (Å²) in [5, 5.41) is 0. The smallest absolute Gasteiger partial charge is 0.409 e. The molecule has 1 aromatic rings. The van der Waals surface area contributed by atoms with Crippen LogP contribution in [0.25, 0.3) is 0 Å². The minimum atomic E-state index is -0.291. The fourth-order valence-corrected chi connectivity index (χ4v) is 1.43. The second-order valence-electron chi connectivity index (χ2n) is 3.18. The molecule has 1 aromatic carbocycles. The lowest BCUT2D eigenvalue weighted by Crippen LogP contribution is -2.26. The predicted molar refractivity (Wildman–Crippen MR) is 62.6 cm³/mol. The second-order valence-corrected chi connectivity index (χ2v) is 4.10. The number of halogens is 1. The molecule has 0 saturated heterocycles. The van der Waals surface area contributed by atoms with E-state index < -0.39 is 0 Å². The van der Waals surface area contributed by atoms with Crippen molar-refractivity contribution < 1.29 is 9.53 Å². The van der Waals surface area contributed by atoms with Gasteiger partial charge in [0, 0.05) is 18.1 Å². The average molecular weight is 272 g/mol. The number of hydrogen-bond acceptors (Lipinski definition) is 2. The quantitative estimate of drug-likeness (QED) is 0.846. The summed E-state index contributed by atoms with van der Waals surface area (Å²) < 4.78 is 5.91. The third-order valence-corrected chi connectivity index (χ3v) is 2.44. The molecule has 82 valence electrons. The predicted octanol–water partition coefficient (Wildman–Crippen LogP) is 3.04. The third kappa shape index (κ3) is 3.91. The molecular weight excluding hydrogens is 258 g/mol. The van der Waals surface area contributed by atoms with E-state index in [4.69, 9.17) is 4.74 Å². The first-order chi connectivity index (χ1) is 7.13. The van der Waals surface area contributed by atoms with Crippen LogP contribution >= 0.6 is 15.9 Å². The molecule has 0 atom stereocenters. The second kappa shape index (κ2) is 5.75. The van der Waals surface area contributed by atoms with Gasteiger partial charge in [-0.25, -0.2) is 4.79 Å². The lowest BCUT2D eigenvalue weighted by atomic mass is 10.2. The van der Waals surface area contributed by atoms with E-state index >= 15 is 0 Å². The van der Waals surface area contributed by atoms with Gasteiger partial charge in [0.15, 0.2) is 0 Å². The Morgan fingerprint density at radius 2 is 2.00 bits per heavy atom. The summed E-state index contributed by atoms with van der Waals surface area (Å²) in [5.74, 6) is 0. The molecule has 0 radical (unpaired) electrons. The van der Waals surface area contributed by atoms with E-state index in [0.29, 0.717) is 13.2 Å². The first-order valence-electron chi connectivity index (χ1n) is 4.75. The summed E-state index contributed by atoms with van der Waals surface area (Å²) >= 11 is 3.36. The topological polar surface area (TPSA) is 29.5 Å². The van der Waals surface area contributed by atoms with Crippen molar-refractivity contribution in [3.05, 3.63) is 34.3 Å². The Bertz CT molecular complexity index is 324. The molecule has 1 rings (SSSR count). The van der Waals surface area contributed by atoms with E-state index in [0.717, 1.165) is 10.0 Å². The Morgan fingerprint density at radius 3 is 2.53 bits per heavy atom. The van der Waals surface area contributed by atoms with Gasteiger partial charge in [0.05, 0.1) is 6.61 Å². The minimum Gasteiger partial charge on any atom is -0.450 e. The first kappa shape index (κ1) is 12.0. The van der Waals surface area contributed by atoms with Gasteiger partial charge in [-0.3, -0.25) is 0 Å². The Labute approximate surface area is 98.2 Å². The number of rotatable bonds is 3. The zero-order chi connectivity index (χ0) is 11.3. The molecule has 1 amide bonds. The molecule has 0 heterocycles. The van der Waals surface area contributed by atoms with E-state index in [2.05, 4.69) is 15.9 Å². The van der Waals surface area contributed by atoms with Crippen LogP contribution in [0.5, 0.6) is 0 Å². The van der Waals surface area contributed by atoms with Gasteiger partial charge in [-0.2, -0.15) is 0 Å². The largest absolute Gasteiger partial charge is 0.450 e. The van der Waals surface area contributed by atoms with Gasteiger partial charge in [-0.05, 0) is 24.6 Å². The van der Waals surface area contributed by atoms with Crippen LogP contribution in [0.15, 0.2) is 28.7 Å². The van der Waals surface area contributed by atoms with Crippen LogP contribution < -0.4 is 0 Å². The molecule has 0 fully saturated rings. The van der Waals surface area contributed by atoms with E-state index in [9.17, 15) is 4.79 Å². The lowest BCUT2D eigenvalue weighted by molar-refractivity contribution is 0.114. The van der Waals surface area contributed by atoms with Gasteiger partial charge >= 0.3 is 6.09 Å². The van der Waals surface area contributed by atoms with Crippen molar-refractivity contribution in [1.82, 2.24) is 4.90 Å². The highest BCUT2D eigenvalue weighted by molar-refractivity contribution is 9.10. The van der Waals surface area contributed by atoms with Crippen LogP contribution in [0.4, 0.5) is 4.79 Å². The van der Waals surface area contributed by atoms with E-state index in [1.165, 1.54) is 0 Å². The standard InChI is InChI=1S/C11H14BrNO2/c1-3-15-11(14)13(2)8-9-4-6-10(12)7-5-9/h4-7H,3,8H2,1-2H3. The molecule has 0 bridgehead atoms. The normalized spacial score (nSPS) is 9.80. The number of benzene rings is 1. The summed E-state index contributed by atoms with van der Waals surface area (Å²) in [4.78, 5) is 12.9. The van der Waals surface area contributed by atoms with Crippen molar-refractivity contribution in [3.8, 4) is 0 Å². The molecule has 0 spiro atoms. The van der Waals surface area contributed by atoms with Gasteiger partial charge in [0.25, 0.3) is 0 Å². The summed E-state index contributed by atoms with van der Waals surface area (Å²) in [6.45, 7) is 2.76. The Balaban J connectivity index is 2.54. The van der Waals surface area contributed by atoms with E-state index in [-0.39, 0.29) is 6.09 Å². The highest BCUT2D eigenvalue weighted by atomic mass is 79.9. The summed E-state index contributed by atoms with van der Waals surface area (Å²) in [6.07, 6.45) is -0.291. The molecule has 0 aromatic heterocycles. The van der Waals surface area contributed by atoms with Gasteiger partial charge in [-0.1, -0.05) is 28.1 Å². The van der Waals surface area contributed by atoms with Crippen LogP contribution in [0.3, 0.4) is 0 Å². The van der Waals surface area contributed by atoms with Gasteiger partial charge in [-0.15, -0.1) is 0 Å². The van der Waals surface area contributed by atoms with Crippen LogP contribution in [-0.2, 0) is 11.3 Å². The van der Waals surface area contributed by atoms with Crippen LogP contribution in [0.1, 0.15) is 12.5 Å². The number of amides is 1. The molecule has 0 N–H and O–H groups in total. The maximum atomic E-state index is 11.3. The maximum absolute atomic E-state index is 11.3. The third-order valence-electron chi connectivity index (χ3n) is 1.91. The van der Waals surface area contributed by atoms with Gasteiger partial charge in [0.2, 0.25) is 0 Å². The Hall–Kier alpha value is -1.03. The Kier molecular flexibility index (Phi) is 4.62. The molecule has 0 aliphatic rings. The average Bonchev–Trinajstić information content (AvgIpc) is 2.22. The molecule has 0 unspecified atom stereocenters. The molecule has 3 nitrogen and oxygen atoms in total. The number of nitrogens with zero attached hydrogens (tertiary/aromatic N) is 1. The molecular formula is C11H14BrNO2. The molecule has 15 heavy (non-hydrogen) atoms. The number of carbonyl (C=O) groups is 1. The highest BCUT2D eigenvalue weighted by Crippen LogP contribution is 2.11. The number of carbonyl (C=O) groups excluding carboxylic acids is 1. The molecule has 4 heteroatoms. The van der Waals surface area contributed by atoms with Crippen molar-refractivity contribution >= 4 is 22.0 Å². The molecule has 0 aliphatic carbocycles. The van der Waals surface area contributed by atoms with Crippen LogP contribution in [0, 0.1) is 0 Å². The number of ether oxygens (including phenoxy) is 1. The first-order valence-corrected chi connectivity index (χ1v) is 5.55. The Morgan fingerprint density at radius 1 is 1.40 bits per heavy atom. The van der Waals surface area contributed by atoms with Crippen molar-refractivity contribution in [2.24, 2.45) is 0 Å². The zero-order valence-electron chi connectivity index (χ0n) is 8.87. The van der Waals surface area contributed by atoms with Crippen molar-refractivity contribution in [2.45, 2.75) is 13.5 Å². The summed E-state index contributed by atoms with van der Waals surface area (Å²) in [7, 11) is 1.72.